The van der Waals surface area contributed by atoms with Gasteiger partial charge in [-0.2, -0.15) is 0 Å². The van der Waals surface area contributed by atoms with Crippen LogP contribution < -0.4 is 0 Å². The minimum atomic E-state index is 0.0565. The molecule has 0 atom stereocenters. The van der Waals surface area contributed by atoms with Gasteiger partial charge in [0.2, 0.25) is 0 Å². The van der Waals surface area contributed by atoms with Crippen LogP contribution in [0.5, 0.6) is 34.5 Å². The lowest BCUT2D eigenvalue weighted by atomic mass is 9.97. The van der Waals surface area contributed by atoms with Gasteiger partial charge in [0.05, 0.1) is 0 Å². The number of rotatable bonds is 6. The molecule has 0 radical (unpaired) electrons. The first-order valence-corrected chi connectivity index (χ1v) is 14.2. The van der Waals surface area contributed by atoms with Crippen molar-refractivity contribution in [3.63, 3.8) is 0 Å². The Morgan fingerprint density at radius 2 is 0.512 bits per heavy atom. The van der Waals surface area contributed by atoms with Crippen molar-refractivity contribution in [1.29, 1.82) is 0 Å². The molecule has 0 saturated heterocycles. The molecule has 6 N–H and O–H groups in total. The van der Waals surface area contributed by atoms with Gasteiger partial charge in [-0.15, -0.1) is 0 Å². The van der Waals surface area contributed by atoms with Crippen LogP contribution in [0.15, 0.2) is 131 Å². The van der Waals surface area contributed by atoms with E-state index in [0.717, 1.165) is 9.79 Å². The van der Waals surface area contributed by atoms with Gasteiger partial charge >= 0.3 is 0 Å². The number of hydrogen-bond donors (Lipinski definition) is 6. The molecule has 0 unspecified atom stereocenters. The van der Waals surface area contributed by atoms with Gasteiger partial charge in [-0.1, -0.05) is 60.3 Å². The molecule has 7 heteroatoms. The first-order chi connectivity index (χ1) is 20.7. The van der Waals surface area contributed by atoms with Crippen molar-refractivity contribution in [3.05, 3.63) is 121 Å². The normalized spacial score (nSPS) is 11.0. The minimum Gasteiger partial charge on any atom is -0.508 e. The minimum absolute atomic E-state index is 0.0565. The van der Waals surface area contributed by atoms with Crippen molar-refractivity contribution in [2.75, 3.05) is 0 Å². The predicted molar refractivity (Wildman–Crippen MR) is 169 cm³/mol. The standard InChI is InChI=1S/C36H26O6S/c37-25-9-1-21(2-10-25)31-17-29(18-32(35(31)41)22-3-11-26(38)12-4-22)43-30-19-33(23-5-13-27(39)14-6-23)36(42)34(20-30)24-7-15-28(40)16-8-24/h1-20,37-42H. The van der Waals surface area contributed by atoms with Crippen LogP contribution in [-0.2, 0) is 0 Å². The van der Waals surface area contributed by atoms with Gasteiger partial charge in [0.1, 0.15) is 34.5 Å². The van der Waals surface area contributed by atoms with E-state index in [1.807, 2.05) is 24.3 Å². The van der Waals surface area contributed by atoms with E-state index >= 15 is 0 Å². The molecule has 6 nitrogen and oxygen atoms in total. The quantitative estimate of drug-likeness (QED) is 0.115. The fourth-order valence-corrected chi connectivity index (χ4v) is 5.89. The summed E-state index contributed by atoms with van der Waals surface area (Å²) in [5.74, 6) is 0.558. The van der Waals surface area contributed by atoms with Gasteiger partial charge in [0, 0.05) is 32.0 Å². The van der Waals surface area contributed by atoms with Crippen molar-refractivity contribution in [1.82, 2.24) is 0 Å². The van der Waals surface area contributed by atoms with E-state index in [4.69, 9.17) is 0 Å². The van der Waals surface area contributed by atoms with Crippen molar-refractivity contribution >= 4 is 11.8 Å². The zero-order valence-electron chi connectivity index (χ0n) is 22.6. The van der Waals surface area contributed by atoms with Crippen LogP contribution in [0.4, 0.5) is 0 Å². The SMILES string of the molecule is Oc1ccc(-c2cc(Sc3cc(-c4ccc(O)cc4)c(O)c(-c4ccc(O)cc4)c3)cc(-c3ccc(O)cc3)c2O)cc1. The van der Waals surface area contributed by atoms with Gasteiger partial charge in [0.15, 0.2) is 0 Å². The highest BCUT2D eigenvalue weighted by Crippen LogP contribution is 2.47. The Hall–Kier alpha value is -5.53. The Labute approximate surface area is 252 Å². The van der Waals surface area contributed by atoms with E-state index < -0.39 is 0 Å². The summed E-state index contributed by atoms with van der Waals surface area (Å²) < 4.78 is 0. The Bertz CT molecular complexity index is 1640. The fraction of sp³-hybridized carbons (Fsp3) is 0. The molecule has 43 heavy (non-hydrogen) atoms. The summed E-state index contributed by atoms with van der Waals surface area (Å²) in [7, 11) is 0. The molecule has 6 aromatic carbocycles. The predicted octanol–water partition coefficient (Wildman–Crippen LogP) is 8.74. The first-order valence-electron chi connectivity index (χ1n) is 13.3. The van der Waals surface area contributed by atoms with E-state index in [1.165, 1.54) is 11.8 Å². The molecule has 0 amide bonds. The molecule has 212 valence electrons. The van der Waals surface area contributed by atoms with Gasteiger partial charge in [-0.25, -0.2) is 0 Å². The molecular formula is C36H26O6S. The Morgan fingerprint density at radius 1 is 0.302 bits per heavy atom. The summed E-state index contributed by atoms with van der Waals surface area (Å²) in [4.78, 5) is 1.59. The lowest BCUT2D eigenvalue weighted by Crippen LogP contribution is -1.89. The van der Waals surface area contributed by atoms with Gasteiger partial charge < -0.3 is 30.6 Å². The fourth-order valence-electron chi connectivity index (χ4n) is 4.91. The molecule has 0 spiro atoms. The molecule has 6 rings (SSSR count). The second kappa shape index (κ2) is 11.4. The maximum atomic E-state index is 11.4. The number of phenols is 6. The topological polar surface area (TPSA) is 121 Å². The molecule has 0 fully saturated rings. The van der Waals surface area contributed by atoms with E-state index in [2.05, 4.69) is 0 Å². The van der Waals surface area contributed by atoms with E-state index in [9.17, 15) is 30.6 Å². The average molecular weight is 587 g/mol. The van der Waals surface area contributed by atoms with E-state index in [1.54, 1.807) is 97.1 Å². The van der Waals surface area contributed by atoms with Gasteiger partial charge in [0.25, 0.3) is 0 Å². The molecule has 0 heterocycles. The van der Waals surface area contributed by atoms with Crippen LogP contribution in [0, 0.1) is 0 Å². The monoisotopic (exact) mass is 586 g/mol. The van der Waals surface area contributed by atoms with Crippen molar-refractivity contribution in [2.24, 2.45) is 0 Å². The van der Waals surface area contributed by atoms with Crippen LogP contribution in [0.25, 0.3) is 44.5 Å². The van der Waals surface area contributed by atoms with Crippen LogP contribution in [0.1, 0.15) is 0 Å². The molecule has 6 aromatic rings. The average Bonchev–Trinajstić information content (AvgIpc) is 3.01. The van der Waals surface area contributed by atoms with E-state index in [0.29, 0.717) is 44.5 Å². The van der Waals surface area contributed by atoms with Crippen molar-refractivity contribution in [3.8, 4) is 79.0 Å². The van der Waals surface area contributed by atoms with Crippen LogP contribution in [0.2, 0.25) is 0 Å². The molecule has 0 bridgehead atoms. The maximum absolute atomic E-state index is 11.4. The summed E-state index contributed by atoms with van der Waals surface area (Å²) in [6.07, 6.45) is 0. The van der Waals surface area contributed by atoms with Crippen LogP contribution in [-0.4, -0.2) is 30.6 Å². The maximum Gasteiger partial charge on any atom is 0.131 e. The second-order valence-corrected chi connectivity index (χ2v) is 11.2. The van der Waals surface area contributed by atoms with Gasteiger partial charge in [-0.3, -0.25) is 0 Å². The highest BCUT2D eigenvalue weighted by molar-refractivity contribution is 7.99. The molecule has 0 aliphatic carbocycles. The molecular weight excluding hydrogens is 560 g/mol. The summed E-state index contributed by atoms with van der Waals surface area (Å²) in [6, 6.07) is 33.7. The summed E-state index contributed by atoms with van der Waals surface area (Å²) in [5.41, 5.74) is 5.06. The summed E-state index contributed by atoms with van der Waals surface area (Å²) >= 11 is 1.43. The van der Waals surface area contributed by atoms with E-state index in [-0.39, 0.29) is 34.5 Å². The lowest BCUT2D eigenvalue weighted by Gasteiger charge is -2.16. The number of hydrogen-bond acceptors (Lipinski definition) is 7. The number of phenolic OH excluding ortho intramolecular Hbond substituents is 6. The molecule has 0 aliphatic heterocycles. The highest BCUT2D eigenvalue weighted by Gasteiger charge is 2.18. The summed E-state index contributed by atoms with van der Waals surface area (Å²) in [6.45, 7) is 0. The highest BCUT2D eigenvalue weighted by atomic mass is 32.2. The van der Waals surface area contributed by atoms with Gasteiger partial charge in [-0.05, 0) is 95.1 Å². The third kappa shape index (κ3) is 5.80. The van der Waals surface area contributed by atoms with Crippen LogP contribution >= 0.6 is 11.8 Å². The zero-order chi connectivity index (χ0) is 30.1. The molecule has 0 saturated carbocycles. The smallest absolute Gasteiger partial charge is 0.131 e. The third-order valence-corrected chi connectivity index (χ3v) is 8.06. The van der Waals surface area contributed by atoms with Crippen LogP contribution in [0.3, 0.4) is 0 Å². The van der Waals surface area contributed by atoms with Crippen molar-refractivity contribution in [2.45, 2.75) is 9.79 Å². The second-order valence-electron chi connectivity index (χ2n) is 10.0. The molecule has 0 aromatic heterocycles. The first kappa shape index (κ1) is 27.6. The largest absolute Gasteiger partial charge is 0.508 e. The van der Waals surface area contributed by atoms with Crippen molar-refractivity contribution < 1.29 is 30.6 Å². The Kier molecular flexibility index (Phi) is 7.32. The number of aromatic hydroxyl groups is 6. The lowest BCUT2D eigenvalue weighted by molar-refractivity contribution is 0.474. The summed E-state index contributed by atoms with van der Waals surface area (Å²) in [5, 5.41) is 62.1. The third-order valence-electron chi connectivity index (χ3n) is 7.12. The molecule has 0 aliphatic rings. The zero-order valence-corrected chi connectivity index (χ0v) is 23.5. The Balaban J connectivity index is 1.52. The Morgan fingerprint density at radius 3 is 0.721 bits per heavy atom. The number of benzene rings is 6.